The number of ether oxygens (including phenoxy) is 1. The quantitative estimate of drug-likeness (QED) is 0.511. The summed E-state index contributed by atoms with van der Waals surface area (Å²) in [5.74, 6) is -0.196. The molecule has 1 fully saturated rings. The molecule has 1 saturated heterocycles. The Morgan fingerprint density at radius 3 is 2.57 bits per heavy atom. The maximum Gasteiger partial charge on any atom is 0.335 e. The minimum absolute atomic E-state index is 0.196. The highest BCUT2D eigenvalue weighted by Gasteiger charge is 2.10. The fourth-order valence-corrected chi connectivity index (χ4v) is 1.62. The van der Waals surface area contributed by atoms with Gasteiger partial charge in [0.2, 0.25) is 0 Å². The molecule has 3 heteroatoms. The van der Waals surface area contributed by atoms with Crippen molar-refractivity contribution in [3.63, 3.8) is 0 Å². The molecule has 0 bridgehead atoms. The standard InChI is InChI=1S/C11H19NO2/c1-3-14-11(13)10(2)9-12-7-5-4-6-8-12/h9H,3-8H2,1-2H3. The normalized spacial score (nSPS) is 18.1. The fraction of sp³-hybridized carbons (Fsp3) is 0.727. The van der Waals surface area contributed by atoms with Gasteiger partial charge in [-0.25, -0.2) is 4.79 Å². The van der Waals surface area contributed by atoms with Gasteiger partial charge in [0, 0.05) is 24.9 Å². The fourth-order valence-electron chi connectivity index (χ4n) is 1.62. The van der Waals surface area contributed by atoms with Gasteiger partial charge in [0.15, 0.2) is 0 Å². The molecule has 0 aromatic carbocycles. The van der Waals surface area contributed by atoms with Crippen molar-refractivity contribution in [1.29, 1.82) is 0 Å². The van der Waals surface area contributed by atoms with Crippen LogP contribution in [0, 0.1) is 0 Å². The third-order valence-corrected chi connectivity index (χ3v) is 2.36. The predicted octanol–water partition coefficient (Wildman–Crippen LogP) is 1.94. The summed E-state index contributed by atoms with van der Waals surface area (Å²) >= 11 is 0. The van der Waals surface area contributed by atoms with Crippen LogP contribution >= 0.6 is 0 Å². The van der Waals surface area contributed by atoms with Gasteiger partial charge in [-0.3, -0.25) is 0 Å². The molecule has 0 aromatic rings. The summed E-state index contributed by atoms with van der Waals surface area (Å²) in [7, 11) is 0. The number of rotatable bonds is 3. The number of esters is 1. The summed E-state index contributed by atoms with van der Waals surface area (Å²) < 4.78 is 4.91. The molecule has 1 heterocycles. The first-order chi connectivity index (χ1) is 6.74. The van der Waals surface area contributed by atoms with Gasteiger partial charge in [-0.2, -0.15) is 0 Å². The Labute approximate surface area is 85.7 Å². The molecule has 0 atom stereocenters. The molecular weight excluding hydrogens is 178 g/mol. The summed E-state index contributed by atoms with van der Waals surface area (Å²) in [5, 5.41) is 0. The lowest BCUT2D eigenvalue weighted by atomic mass is 10.1. The molecule has 0 amide bonds. The summed E-state index contributed by atoms with van der Waals surface area (Å²) in [5.41, 5.74) is 0.703. The van der Waals surface area contributed by atoms with Crippen LogP contribution in [0.3, 0.4) is 0 Å². The van der Waals surface area contributed by atoms with E-state index >= 15 is 0 Å². The zero-order chi connectivity index (χ0) is 10.4. The van der Waals surface area contributed by atoms with Crippen molar-refractivity contribution in [2.24, 2.45) is 0 Å². The number of piperidine rings is 1. The molecule has 0 saturated carbocycles. The van der Waals surface area contributed by atoms with E-state index < -0.39 is 0 Å². The zero-order valence-corrected chi connectivity index (χ0v) is 9.08. The molecule has 3 nitrogen and oxygen atoms in total. The Hall–Kier alpha value is -0.990. The van der Waals surface area contributed by atoms with Crippen molar-refractivity contribution in [3.8, 4) is 0 Å². The van der Waals surface area contributed by atoms with Crippen LogP contribution in [0.15, 0.2) is 11.8 Å². The Kier molecular flexibility index (Phi) is 4.50. The largest absolute Gasteiger partial charge is 0.463 e. The average Bonchev–Trinajstić information content (AvgIpc) is 2.19. The van der Waals surface area contributed by atoms with E-state index in [4.69, 9.17) is 4.74 Å². The van der Waals surface area contributed by atoms with Crippen LogP contribution in [0.1, 0.15) is 33.1 Å². The Morgan fingerprint density at radius 1 is 1.36 bits per heavy atom. The number of likely N-dealkylation sites (tertiary alicyclic amines) is 1. The molecule has 80 valence electrons. The van der Waals surface area contributed by atoms with E-state index in [1.165, 1.54) is 19.3 Å². The average molecular weight is 197 g/mol. The molecule has 0 aliphatic carbocycles. The minimum atomic E-state index is -0.196. The van der Waals surface area contributed by atoms with Gasteiger partial charge >= 0.3 is 5.97 Å². The molecular formula is C11H19NO2. The summed E-state index contributed by atoms with van der Waals surface area (Å²) in [4.78, 5) is 13.5. The van der Waals surface area contributed by atoms with Crippen molar-refractivity contribution < 1.29 is 9.53 Å². The highest BCUT2D eigenvalue weighted by molar-refractivity contribution is 5.87. The van der Waals surface area contributed by atoms with Gasteiger partial charge in [-0.15, -0.1) is 0 Å². The molecule has 1 aliphatic rings. The van der Waals surface area contributed by atoms with Gasteiger partial charge in [0.05, 0.1) is 6.61 Å². The smallest absolute Gasteiger partial charge is 0.335 e. The van der Waals surface area contributed by atoms with Crippen molar-refractivity contribution >= 4 is 5.97 Å². The molecule has 14 heavy (non-hydrogen) atoms. The van der Waals surface area contributed by atoms with E-state index in [9.17, 15) is 4.79 Å². The maximum absolute atomic E-state index is 11.3. The van der Waals surface area contributed by atoms with Crippen LogP contribution in [-0.4, -0.2) is 30.6 Å². The summed E-state index contributed by atoms with van der Waals surface area (Å²) in [6.07, 6.45) is 5.69. The minimum Gasteiger partial charge on any atom is -0.463 e. The van der Waals surface area contributed by atoms with Crippen molar-refractivity contribution in [2.75, 3.05) is 19.7 Å². The summed E-state index contributed by atoms with van der Waals surface area (Å²) in [6.45, 7) is 6.22. The highest BCUT2D eigenvalue weighted by Crippen LogP contribution is 2.10. The molecule has 0 spiro atoms. The second-order valence-electron chi connectivity index (χ2n) is 3.63. The summed E-state index contributed by atoms with van der Waals surface area (Å²) in [6, 6.07) is 0. The van der Waals surface area contributed by atoms with Gasteiger partial charge < -0.3 is 9.64 Å². The first-order valence-corrected chi connectivity index (χ1v) is 5.33. The first kappa shape index (κ1) is 11.1. The second kappa shape index (κ2) is 5.68. The van der Waals surface area contributed by atoms with Gasteiger partial charge in [0.1, 0.15) is 0 Å². The van der Waals surface area contributed by atoms with E-state index in [-0.39, 0.29) is 5.97 Å². The lowest BCUT2D eigenvalue weighted by Gasteiger charge is -2.25. The van der Waals surface area contributed by atoms with Crippen LogP contribution in [0.2, 0.25) is 0 Å². The Morgan fingerprint density at radius 2 is 2.00 bits per heavy atom. The van der Waals surface area contributed by atoms with E-state index in [1.807, 2.05) is 20.0 Å². The number of carbonyl (C=O) groups excluding carboxylic acids is 1. The van der Waals surface area contributed by atoms with E-state index in [1.54, 1.807) is 0 Å². The highest BCUT2D eigenvalue weighted by atomic mass is 16.5. The third-order valence-electron chi connectivity index (χ3n) is 2.36. The second-order valence-corrected chi connectivity index (χ2v) is 3.63. The molecule has 0 radical (unpaired) electrons. The van der Waals surface area contributed by atoms with Gasteiger partial charge in [-0.1, -0.05) is 0 Å². The van der Waals surface area contributed by atoms with E-state index in [0.29, 0.717) is 12.2 Å². The van der Waals surface area contributed by atoms with Crippen LogP contribution < -0.4 is 0 Å². The van der Waals surface area contributed by atoms with Crippen molar-refractivity contribution in [2.45, 2.75) is 33.1 Å². The monoisotopic (exact) mass is 197 g/mol. The van der Waals surface area contributed by atoms with Crippen LogP contribution in [0.25, 0.3) is 0 Å². The van der Waals surface area contributed by atoms with Crippen LogP contribution in [0.5, 0.6) is 0 Å². The number of hydrogen-bond acceptors (Lipinski definition) is 3. The van der Waals surface area contributed by atoms with Crippen LogP contribution in [0.4, 0.5) is 0 Å². The number of hydrogen-bond donors (Lipinski definition) is 0. The first-order valence-electron chi connectivity index (χ1n) is 5.33. The van der Waals surface area contributed by atoms with Gasteiger partial charge in [-0.05, 0) is 33.1 Å². The van der Waals surface area contributed by atoms with E-state index in [0.717, 1.165) is 13.1 Å². The number of nitrogens with zero attached hydrogens (tertiary/aromatic N) is 1. The maximum atomic E-state index is 11.3. The predicted molar refractivity (Wildman–Crippen MR) is 55.8 cm³/mol. The zero-order valence-electron chi connectivity index (χ0n) is 9.08. The molecule has 0 N–H and O–H groups in total. The lowest BCUT2D eigenvalue weighted by Crippen LogP contribution is -2.25. The SMILES string of the molecule is CCOC(=O)C(C)=CN1CCCCC1. The molecule has 0 aromatic heterocycles. The molecule has 0 unspecified atom stereocenters. The topological polar surface area (TPSA) is 29.5 Å². The van der Waals surface area contributed by atoms with Crippen molar-refractivity contribution in [3.05, 3.63) is 11.8 Å². The Bertz CT molecular complexity index is 217. The third kappa shape index (κ3) is 3.40. The van der Waals surface area contributed by atoms with Gasteiger partial charge in [0.25, 0.3) is 0 Å². The Balaban J connectivity index is 2.44. The number of carbonyl (C=O) groups is 1. The molecule has 1 aliphatic heterocycles. The lowest BCUT2D eigenvalue weighted by molar-refractivity contribution is -0.138. The van der Waals surface area contributed by atoms with E-state index in [2.05, 4.69) is 4.90 Å². The van der Waals surface area contributed by atoms with Crippen molar-refractivity contribution in [1.82, 2.24) is 4.90 Å². The molecule has 1 rings (SSSR count). The van der Waals surface area contributed by atoms with Crippen LogP contribution in [-0.2, 0) is 9.53 Å².